The van der Waals surface area contributed by atoms with Crippen LogP contribution in [0.2, 0.25) is 5.02 Å². The van der Waals surface area contributed by atoms with Crippen molar-refractivity contribution in [3.05, 3.63) is 59.4 Å². The molecule has 1 aromatic carbocycles. The maximum Gasteiger partial charge on any atom is 0.254 e. The molecule has 6 nitrogen and oxygen atoms in total. The smallest absolute Gasteiger partial charge is 0.254 e. The van der Waals surface area contributed by atoms with E-state index in [1.165, 1.54) is 18.5 Å². The largest absolute Gasteiger partial charge is 0.335 e. The van der Waals surface area contributed by atoms with E-state index in [1.54, 1.807) is 30.3 Å². The Morgan fingerprint density at radius 2 is 2.08 bits per heavy atom. The fourth-order valence-corrected chi connectivity index (χ4v) is 5.38. The van der Waals surface area contributed by atoms with Gasteiger partial charge in [-0.15, -0.1) is 0 Å². The molecule has 1 aromatic heterocycles. The van der Waals surface area contributed by atoms with Gasteiger partial charge >= 0.3 is 0 Å². The SMILES string of the molecule is O=C(c1cccc(Cl)c1)N1CC2CC1CC2NS(=O)(=O)c1cccnc1. The molecule has 2 bridgehead atoms. The Kier molecular flexibility index (Phi) is 4.46. The van der Waals surface area contributed by atoms with Crippen LogP contribution in [0.25, 0.3) is 0 Å². The molecule has 1 saturated heterocycles. The van der Waals surface area contributed by atoms with Crippen molar-refractivity contribution in [2.45, 2.75) is 29.8 Å². The van der Waals surface area contributed by atoms with Crippen LogP contribution in [0.1, 0.15) is 23.2 Å². The van der Waals surface area contributed by atoms with E-state index in [2.05, 4.69) is 9.71 Å². The van der Waals surface area contributed by atoms with E-state index in [-0.39, 0.29) is 28.8 Å². The lowest BCUT2D eigenvalue weighted by molar-refractivity contribution is 0.0691. The van der Waals surface area contributed by atoms with Crippen molar-refractivity contribution in [2.75, 3.05) is 6.54 Å². The summed E-state index contributed by atoms with van der Waals surface area (Å²) in [7, 11) is -3.60. The summed E-state index contributed by atoms with van der Waals surface area (Å²) in [5.41, 5.74) is 0.567. The molecule has 0 spiro atoms. The summed E-state index contributed by atoms with van der Waals surface area (Å²) in [6.45, 7) is 0.552. The molecule has 136 valence electrons. The van der Waals surface area contributed by atoms with E-state index in [9.17, 15) is 13.2 Å². The number of carbonyl (C=O) groups is 1. The third-order valence-corrected chi connectivity index (χ3v) is 6.84. The van der Waals surface area contributed by atoms with Gasteiger partial charge in [-0.05, 0) is 49.1 Å². The average Bonchev–Trinajstić information content (AvgIpc) is 3.21. The molecule has 1 aliphatic heterocycles. The molecule has 0 radical (unpaired) electrons. The zero-order valence-corrected chi connectivity index (χ0v) is 15.4. The predicted octanol–water partition coefficient (Wildman–Crippen LogP) is 2.32. The van der Waals surface area contributed by atoms with Crippen molar-refractivity contribution in [1.82, 2.24) is 14.6 Å². The van der Waals surface area contributed by atoms with Gasteiger partial charge in [-0.3, -0.25) is 9.78 Å². The van der Waals surface area contributed by atoms with Crippen molar-refractivity contribution >= 4 is 27.5 Å². The Balaban J connectivity index is 1.45. The summed E-state index contributed by atoms with van der Waals surface area (Å²) in [5.74, 6) is 0.0724. The van der Waals surface area contributed by atoms with E-state index in [0.717, 1.165) is 6.42 Å². The molecule has 8 heteroatoms. The second-order valence-electron chi connectivity index (χ2n) is 6.77. The number of sulfonamides is 1. The van der Waals surface area contributed by atoms with Crippen LogP contribution >= 0.6 is 11.6 Å². The summed E-state index contributed by atoms with van der Waals surface area (Å²) < 4.78 is 27.8. The van der Waals surface area contributed by atoms with Crippen LogP contribution in [0, 0.1) is 5.92 Å². The normalized spacial score (nSPS) is 24.8. The number of piperidine rings is 1. The number of rotatable bonds is 4. The molecule has 1 saturated carbocycles. The summed E-state index contributed by atoms with van der Waals surface area (Å²) in [6, 6.07) is 9.92. The molecule has 1 N–H and O–H groups in total. The van der Waals surface area contributed by atoms with E-state index in [1.807, 2.05) is 4.90 Å². The lowest BCUT2D eigenvalue weighted by atomic mass is 10.0. The Bertz CT molecular complexity index is 936. The van der Waals surface area contributed by atoms with Crippen molar-refractivity contribution < 1.29 is 13.2 Å². The quantitative estimate of drug-likeness (QED) is 0.867. The first-order valence-electron chi connectivity index (χ1n) is 8.43. The minimum Gasteiger partial charge on any atom is -0.335 e. The Labute approximate surface area is 157 Å². The first-order chi connectivity index (χ1) is 12.4. The van der Waals surface area contributed by atoms with Crippen molar-refractivity contribution in [1.29, 1.82) is 0 Å². The van der Waals surface area contributed by atoms with E-state index < -0.39 is 10.0 Å². The number of likely N-dealkylation sites (tertiary alicyclic amines) is 1. The Morgan fingerprint density at radius 3 is 2.73 bits per heavy atom. The highest BCUT2D eigenvalue weighted by molar-refractivity contribution is 7.89. The highest BCUT2D eigenvalue weighted by Gasteiger charge is 2.47. The van der Waals surface area contributed by atoms with Gasteiger partial charge in [0.2, 0.25) is 10.0 Å². The number of benzene rings is 1. The number of aromatic nitrogens is 1. The molecule has 3 unspecified atom stereocenters. The van der Waals surface area contributed by atoms with Gasteiger partial charge in [0, 0.05) is 41.6 Å². The predicted molar refractivity (Wildman–Crippen MR) is 97.3 cm³/mol. The van der Waals surface area contributed by atoms with Crippen LogP contribution in [0.3, 0.4) is 0 Å². The van der Waals surface area contributed by atoms with Crippen LogP contribution in [-0.2, 0) is 10.0 Å². The maximum absolute atomic E-state index is 12.7. The Hall–Kier alpha value is -1.96. The Morgan fingerprint density at radius 1 is 1.23 bits per heavy atom. The molecule has 2 aromatic rings. The number of hydrogen-bond donors (Lipinski definition) is 1. The molecule has 26 heavy (non-hydrogen) atoms. The number of fused-ring (bicyclic) bond motifs is 2. The number of pyridine rings is 1. The minimum absolute atomic E-state index is 0.0476. The van der Waals surface area contributed by atoms with E-state index >= 15 is 0 Å². The number of halogens is 1. The van der Waals surface area contributed by atoms with Gasteiger partial charge in [0.25, 0.3) is 5.91 Å². The van der Waals surface area contributed by atoms with Gasteiger partial charge in [-0.1, -0.05) is 17.7 Å². The fourth-order valence-electron chi connectivity index (χ4n) is 3.91. The summed E-state index contributed by atoms with van der Waals surface area (Å²) in [5, 5.41) is 0.530. The molecule has 1 amide bonds. The lowest BCUT2D eigenvalue weighted by Crippen LogP contribution is -2.47. The molecular weight excluding hydrogens is 374 g/mol. The molecule has 2 aliphatic rings. The van der Waals surface area contributed by atoms with Crippen molar-refractivity contribution in [3.8, 4) is 0 Å². The van der Waals surface area contributed by atoms with Crippen molar-refractivity contribution in [2.24, 2.45) is 5.92 Å². The standard InChI is InChI=1S/C18H18ClN3O3S/c19-14-4-1-3-12(7-14)18(23)22-11-13-8-15(22)9-17(13)21-26(24,25)16-5-2-6-20-10-16/h1-7,10,13,15,17,21H,8-9,11H2. The van der Waals surface area contributed by atoms with Gasteiger partial charge in [0.1, 0.15) is 4.90 Å². The van der Waals surface area contributed by atoms with E-state index in [0.29, 0.717) is 23.6 Å². The summed E-state index contributed by atoms with van der Waals surface area (Å²) >= 11 is 5.98. The molecule has 2 heterocycles. The van der Waals surface area contributed by atoms with Crippen LogP contribution in [0.5, 0.6) is 0 Å². The molecular formula is C18H18ClN3O3S. The zero-order valence-electron chi connectivity index (χ0n) is 13.9. The number of nitrogens with one attached hydrogen (secondary N) is 1. The fraction of sp³-hybridized carbons (Fsp3) is 0.333. The lowest BCUT2D eigenvalue weighted by Gasteiger charge is -2.32. The van der Waals surface area contributed by atoms with Crippen LogP contribution in [0.15, 0.2) is 53.7 Å². The first-order valence-corrected chi connectivity index (χ1v) is 10.3. The maximum atomic E-state index is 12.7. The van der Waals surface area contributed by atoms with Gasteiger partial charge in [0.05, 0.1) is 0 Å². The number of carbonyl (C=O) groups excluding carboxylic acids is 1. The second-order valence-corrected chi connectivity index (χ2v) is 8.92. The topological polar surface area (TPSA) is 79.4 Å². The highest BCUT2D eigenvalue weighted by Crippen LogP contribution is 2.39. The number of hydrogen-bond acceptors (Lipinski definition) is 4. The number of nitrogens with zero attached hydrogens (tertiary/aromatic N) is 2. The second kappa shape index (κ2) is 6.64. The average molecular weight is 392 g/mol. The number of amides is 1. The monoisotopic (exact) mass is 391 g/mol. The van der Waals surface area contributed by atoms with E-state index in [4.69, 9.17) is 11.6 Å². The minimum atomic E-state index is -3.60. The van der Waals surface area contributed by atoms with Crippen LogP contribution in [0.4, 0.5) is 0 Å². The molecule has 3 atom stereocenters. The summed E-state index contributed by atoms with van der Waals surface area (Å²) in [4.78, 5) is 18.6. The van der Waals surface area contributed by atoms with Crippen molar-refractivity contribution in [3.63, 3.8) is 0 Å². The molecule has 4 rings (SSSR count). The van der Waals surface area contributed by atoms with Gasteiger partial charge < -0.3 is 4.90 Å². The first kappa shape index (κ1) is 17.5. The van der Waals surface area contributed by atoms with Gasteiger partial charge in [-0.2, -0.15) is 0 Å². The van der Waals surface area contributed by atoms with Crippen LogP contribution < -0.4 is 4.72 Å². The van der Waals surface area contributed by atoms with Crippen LogP contribution in [-0.4, -0.2) is 42.8 Å². The highest BCUT2D eigenvalue weighted by atomic mass is 35.5. The summed E-state index contributed by atoms with van der Waals surface area (Å²) in [6.07, 6.45) is 4.31. The third-order valence-electron chi connectivity index (χ3n) is 5.13. The molecule has 2 fully saturated rings. The van der Waals surface area contributed by atoms with Gasteiger partial charge in [-0.25, -0.2) is 13.1 Å². The molecule has 1 aliphatic carbocycles. The zero-order chi connectivity index (χ0) is 18.3. The third kappa shape index (κ3) is 3.22. The van der Waals surface area contributed by atoms with Gasteiger partial charge in [0.15, 0.2) is 0 Å².